The number of hydrogen-bond acceptors (Lipinski definition) is 3. The largest absolute Gasteiger partial charge is 0.350 e. The molecule has 1 N–H and O–H groups in total. The van der Waals surface area contributed by atoms with Crippen molar-refractivity contribution in [3.8, 4) is 0 Å². The van der Waals surface area contributed by atoms with Crippen LogP contribution in [0, 0.1) is 34.6 Å². The van der Waals surface area contributed by atoms with Gasteiger partial charge in [-0.05, 0) is 92.3 Å². The predicted octanol–water partition coefficient (Wildman–Crippen LogP) is 5.63. The summed E-state index contributed by atoms with van der Waals surface area (Å²) < 4.78 is 0. The van der Waals surface area contributed by atoms with Crippen LogP contribution in [0.25, 0.3) is 5.57 Å². The molecule has 0 radical (unpaired) electrons. The number of aryl methyl sites for hydroxylation is 5. The lowest BCUT2D eigenvalue weighted by molar-refractivity contribution is -0.120. The van der Waals surface area contributed by atoms with E-state index in [1.54, 1.807) is 6.07 Å². The van der Waals surface area contributed by atoms with Gasteiger partial charge in [-0.25, -0.2) is 4.90 Å². The Hall–Kier alpha value is -3.66. The minimum atomic E-state index is -0.344. The highest BCUT2D eigenvalue weighted by atomic mass is 16.2. The van der Waals surface area contributed by atoms with Crippen LogP contribution in [-0.4, -0.2) is 11.8 Å². The van der Waals surface area contributed by atoms with Crippen LogP contribution in [-0.2, 0) is 9.59 Å². The van der Waals surface area contributed by atoms with Crippen LogP contribution in [0.2, 0.25) is 0 Å². The Balaban J connectivity index is 1.87. The first-order valence-electron chi connectivity index (χ1n) is 10.4. The maximum atomic E-state index is 13.6. The number of imide groups is 1. The van der Waals surface area contributed by atoms with Gasteiger partial charge in [0, 0.05) is 5.69 Å². The molecule has 0 saturated heterocycles. The van der Waals surface area contributed by atoms with Crippen molar-refractivity contribution in [3.05, 3.63) is 99.7 Å². The van der Waals surface area contributed by atoms with Gasteiger partial charge >= 0.3 is 0 Å². The quantitative estimate of drug-likeness (QED) is 0.568. The summed E-state index contributed by atoms with van der Waals surface area (Å²) in [5.41, 5.74) is 8.19. The summed E-state index contributed by atoms with van der Waals surface area (Å²) in [6.45, 7) is 10.0. The van der Waals surface area contributed by atoms with Crippen molar-refractivity contribution >= 4 is 28.8 Å². The fourth-order valence-electron chi connectivity index (χ4n) is 4.00. The number of rotatable bonds is 4. The van der Waals surface area contributed by atoms with Gasteiger partial charge in [-0.15, -0.1) is 0 Å². The molecular formula is C27H26N2O2. The summed E-state index contributed by atoms with van der Waals surface area (Å²) in [5, 5.41) is 3.27. The van der Waals surface area contributed by atoms with E-state index in [4.69, 9.17) is 0 Å². The lowest BCUT2D eigenvalue weighted by Crippen LogP contribution is -2.32. The summed E-state index contributed by atoms with van der Waals surface area (Å²) in [7, 11) is 0. The number of benzene rings is 3. The molecule has 0 unspecified atom stereocenters. The monoisotopic (exact) mass is 410 g/mol. The molecular weight excluding hydrogens is 384 g/mol. The Kier molecular flexibility index (Phi) is 5.24. The maximum absolute atomic E-state index is 13.6. The zero-order chi connectivity index (χ0) is 22.3. The molecule has 1 heterocycles. The van der Waals surface area contributed by atoms with E-state index in [2.05, 4.69) is 11.4 Å². The van der Waals surface area contributed by atoms with Crippen LogP contribution in [0.1, 0.15) is 33.4 Å². The SMILES string of the molecule is Cc1cc(C)cc(NC2=C(c3ccc(C)c(C)c3)C(=O)N(c3cccc(C)c3)C2=O)c1. The molecule has 0 bridgehead atoms. The summed E-state index contributed by atoms with van der Waals surface area (Å²) in [5.74, 6) is -0.659. The predicted molar refractivity (Wildman–Crippen MR) is 126 cm³/mol. The third-order valence-electron chi connectivity index (χ3n) is 5.63. The Morgan fingerprint density at radius 1 is 0.677 bits per heavy atom. The molecule has 31 heavy (non-hydrogen) atoms. The average Bonchev–Trinajstić information content (AvgIpc) is 2.93. The van der Waals surface area contributed by atoms with E-state index in [0.29, 0.717) is 17.0 Å². The number of nitrogens with zero attached hydrogens (tertiary/aromatic N) is 1. The molecule has 0 atom stereocenters. The summed E-state index contributed by atoms with van der Waals surface area (Å²) in [6, 6.07) is 19.3. The highest BCUT2D eigenvalue weighted by Gasteiger charge is 2.40. The second-order valence-electron chi connectivity index (χ2n) is 8.34. The maximum Gasteiger partial charge on any atom is 0.282 e. The number of anilines is 2. The molecule has 0 saturated carbocycles. The zero-order valence-corrected chi connectivity index (χ0v) is 18.5. The molecule has 4 nitrogen and oxygen atoms in total. The molecule has 156 valence electrons. The van der Waals surface area contributed by atoms with Gasteiger partial charge in [0.2, 0.25) is 0 Å². The van der Waals surface area contributed by atoms with E-state index in [1.807, 2.05) is 83.1 Å². The number of carbonyl (C=O) groups is 2. The van der Waals surface area contributed by atoms with Crippen LogP contribution >= 0.6 is 0 Å². The van der Waals surface area contributed by atoms with Crippen molar-refractivity contribution < 1.29 is 9.59 Å². The van der Waals surface area contributed by atoms with E-state index >= 15 is 0 Å². The average molecular weight is 411 g/mol. The van der Waals surface area contributed by atoms with Crippen molar-refractivity contribution in [3.63, 3.8) is 0 Å². The zero-order valence-electron chi connectivity index (χ0n) is 18.5. The summed E-state index contributed by atoms with van der Waals surface area (Å²) >= 11 is 0. The van der Waals surface area contributed by atoms with Crippen molar-refractivity contribution in [1.82, 2.24) is 0 Å². The highest BCUT2D eigenvalue weighted by Crippen LogP contribution is 2.35. The highest BCUT2D eigenvalue weighted by molar-refractivity contribution is 6.46. The molecule has 0 aliphatic carbocycles. The number of carbonyl (C=O) groups excluding carboxylic acids is 2. The van der Waals surface area contributed by atoms with Crippen molar-refractivity contribution in [2.75, 3.05) is 10.2 Å². The van der Waals surface area contributed by atoms with Gasteiger partial charge in [-0.3, -0.25) is 9.59 Å². The van der Waals surface area contributed by atoms with E-state index < -0.39 is 0 Å². The third kappa shape index (κ3) is 3.89. The second kappa shape index (κ2) is 7.88. The third-order valence-corrected chi connectivity index (χ3v) is 5.63. The molecule has 1 aliphatic heterocycles. The van der Waals surface area contributed by atoms with Gasteiger partial charge < -0.3 is 5.32 Å². The fraction of sp³-hybridized carbons (Fsp3) is 0.185. The van der Waals surface area contributed by atoms with Crippen LogP contribution < -0.4 is 10.2 Å². The summed E-state index contributed by atoms with van der Waals surface area (Å²) in [4.78, 5) is 28.4. The van der Waals surface area contributed by atoms with Gasteiger partial charge in [0.05, 0.1) is 11.3 Å². The lowest BCUT2D eigenvalue weighted by atomic mass is 9.99. The first-order chi connectivity index (χ1) is 14.7. The van der Waals surface area contributed by atoms with Gasteiger partial charge in [0.1, 0.15) is 5.70 Å². The molecule has 1 aliphatic rings. The summed E-state index contributed by atoms with van der Waals surface area (Å²) in [6.07, 6.45) is 0. The van der Waals surface area contributed by atoms with Crippen molar-refractivity contribution in [2.24, 2.45) is 0 Å². The van der Waals surface area contributed by atoms with Crippen LogP contribution in [0.5, 0.6) is 0 Å². The Morgan fingerprint density at radius 2 is 1.39 bits per heavy atom. The first kappa shape index (κ1) is 20.6. The topological polar surface area (TPSA) is 49.4 Å². The Morgan fingerprint density at radius 3 is 2.03 bits per heavy atom. The smallest absolute Gasteiger partial charge is 0.282 e. The number of nitrogens with one attached hydrogen (secondary N) is 1. The van der Waals surface area contributed by atoms with E-state index in [9.17, 15) is 9.59 Å². The molecule has 3 aromatic carbocycles. The Labute approximate surface area is 183 Å². The van der Waals surface area contributed by atoms with Gasteiger partial charge in [0.25, 0.3) is 11.8 Å². The number of hydrogen-bond donors (Lipinski definition) is 1. The molecule has 0 aromatic heterocycles. The normalized spacial score (nSPS) is 13.9. The Bertz CT molecular complexity index is 1230. The first-order valence-corrected chi connectivity index (χ1v) is 10.4. The lowest BCUT2D eigenvalue weighted by Gasteiger charge is -2.16. The number of amides is 2. The second-order valence-corrected chi connectivity index (χ2v) is 8.34. The molecule has 0 spiro atoms. The van der Waals surface area contributed by atoms with Crippen LogP contribution in [0.15, 0.2) is 66.4 Å². The molecule has 3 aromatic rings. The molecule has 4 rings (SSSR count). The minimum Gasteiger partial charge on any atom is -0.350 e. The molecule has 0 fully saturated rings. The van der Waals surface area contributed by atoms with Gasteiger partial charge in [-0.1, -0.05) is 36.4 Å². The van der Waals surface area contributed by atoms with E-state index in [-0.39, 0.29) is 11.8 Å². The van der Waals surface area contributed by atoms with Crippen LogP contribution in [0.4, 0.5) is 11.4 Å². The van der Waals surface area contributed by atoms with Crippen molar-refractivity contribution in [1.29, 1.82) is 0 Å². The minimum absolute atomic E-state index is 0.305. The van der Waals surface area contributed by atoms with Gasteiger partial charge in [-0.2, -0.15) is 0 Å². The fourth-order valence-corrected chi connectivity index (χ4v) is 4.00. The molecule has 4 heteroatoms. The van der Waals surface area contributed by atoms with Crippen molar-refractivity contribution in [2.45, 2.75) is 34.6 Å². The standard InChI is InChI=1S/C27H26N2O2/c1-16-7-6-8-23(14-16)29-26(30)24(21-10-9-19(4)20(5)15-21)25(27(29)31)28-22-12-17(2)11-18(3)13-22/h6-15,28H,1-5H3. The van der Waals surface area contributed by atoms with Gasteiger partial charge in [0.15, 0.2) is 0 Å². The molecule has 2 amide bonds. The van der Waals surface area contributed by atoms with E-state index in [1.165, 1.54) is 4.90 Å². The van der Waals surface area contributed by atoms with Crippen LogP contribution in [0.3, 0.4) is 0 Å². The van der Waals surface area contributed by atoms with E-state index in [0.717, 1.165) is 39.1 Å².